The molecule has 0 radical (unpaired) electrons. The van der Waals surface area contributed by atoms with Gasteiger partial charge in [-0.05, 0) is 67.8 Å². The van der Waals surface area contributed by atoms with Gasteiger partial charge in [0.25, 0.3) is 0 Å². The van der Waals surface area contributed by atoms with Crippen molar-refractivity contribution in [2.75, 3.05) is 7.11 Å². The number of aryl methyl sites for hydroxylation is 3. The Morgan fingerprint density at radius 1 is 1.00 bits per heavy atom. The molecule has 0 aliphatic heterocycles. The summed E-state index contributed by atoms with van der Waals surface area (Å²) in [6, 6.07) is 7.99. The zero-order valence-corrected chi connectivity index (χ0v) is 12.1. The summed E-state index contributed by atoms with van der Waals surface area (Å²) in [6.45, 7) is 5.50. The van der Waals surface area contributed by atoms with Gasteiger partial charge in [-0.1, -0.05) is 0 Å². The summed E-state index contributed by atoms with van der Waals surface area (Å²) in [5.74, 6) is 0.182. The Bertz CT molecular complexity index is 655. The minimum atomic E-state index is -0.392. The van der Waals surface area contributed by atoms with Crippen molar-refractivity contribution in [3.05, 3.63) is 64.0 Å². The lowest BCUT2D eigenvalue weighted by molar-refractivity contribution is 0.103. The van der Waals surface area contributed by atoms with Gasteiger partial charge in [-0.15, -0.1) is 0 Å². The van der Waals surface area contributed by atoms with Crippen LogP contribution in [0, 0.1) is 26.6 Å². The highest BCUT2D eigenvalue weighted by Crippen LogP contribution is 2.24. The third-order valence-electron chi connectivity index (χ3n) is 3.29. The molecule has 104 valence electrons. The molecule has 0 aliphatic rings. The van der Waals surface area contributed by atoms with Crippen LogP contribution in [0.1, 0.15) is 32.6 Å². The molecule has 0 heterocycles. The maximum Gasteiger partial charge on any atom is 0.193 e. The average molecular weight is 272 g/mol. The molecule has 0 saturated heterocycles. The van der Waals surface area contributed by atoms with Crippen molar-refractivity contribution in [3.63, 3.8) is 0 Å². The van der Waals surface area contributed by atoms with E-state index in [9.17, 15) is 9.18 Å². The SMILES string of the molecule is COc1cc(C)c(C(=O)c2cc(C)cc(F)c2)cc1C. The zero-order chi connectivity index (χ0) is 14.9. The fraction of sp³-hybridized carbons (Fsp3) is 0.235. The van der Waals surface area contributed by atoms with E-state index in [-0.39, 0.29) is 5.78 Å². The highest BCUT2D eigenvalue weighted by atomic mass is 19.1. The lowest BCUT2D eigenvalue weighted by Gasteiger charge is -2.11. The van der Waals surface area contributed by atoms with Crippen molar-refractivity contribution in [2.24, 2.45) is 0 Å². The fourth-order valence-electron chi connectivity index (χ4n) is 2.28. The molecular formula is C17H17FO2. The van der Waals surface area contributed by atoms with Crippen molar-refractivity contribution in [1.82, 2.24) is 0 Å². The Labute approximate surface area is 118 Å². The van der Waals surface area contributed by atoms with Crippen molar-refractivity contribution >= 4 is 5.78 Å². The monoisotopic (exact) mass is 272 g/mol. The molecule has 2 aromatic rings. The number of carbonyl (C=O) groups excluding carboxylic acids is 1. The maximum atomic E-state index is 13.4. The molecule has 0 atom stereocenters. The van der Waals surface area contributed by atoms with Crippen LogP contribution in [0.3, 0.4) is 0 Å². The number of methoxy groups -OCH3 is 1. The van der Waals surface area contributed by atoms with Crippen LogP contribution in [0.5, 0.6) is 5.75 Å². The van der Waals surface area contributed by atoms with E-state index >= 15 is 0 Å². The predicted octanol–water partition coefficient (Wildman–Crippen LogP) is 3.99. The number of hydrogen-bond donors (Lipinski definition) is 0. The van der Waals surface area contributed by atoms with Gasteiger partial charge < -0.3 is 4.74 Å². The quantitative estimate of drug-likeness (QED) is 0.790. The molecular weight excluding hydrogens is 255 g/mol. The first kappa shape index (κ1) is 14.3. The summed E-state index contributed by atoms with van der Waals surface area (Å²) >= 11 is 0. The molecule has 0 saturated carbocycles. The lowest BCUT2D eigenvalue weighted by Crippen LogP contribution is -2.06. The Morgan fingerprint density at radius 2 is 1.70 bits per heavy atom. The number of rotatable bonds is 3. The summed E-state index contributed by atoms with van der Waals surface area (Å²) in [4.78, 5) is 12.5. The number of ketones is 1. The van der Waals surface area contributed by atoms with E-state index in [0.717, 1.165) is 22.4 Å². The van der Waals surface area contributed by atoms with E-state index in [1.54, 1.807) is 26.2 Å². The molecule has 2 aromatic carbocycles. The van der Waals surface area contributed by atoms with Gasteiger partial charge in [-0.25, -0.2) is 4.39 Å². The largest absolute Gasteiger partial charge is 0.496 e. The second-order valence-corrected chi connectivity index (χ2v) is 4.98. The summed E-state index contributed by atoms with van der Waals surface area (Å²) in [6.07, 6.45) is 0. The summed E-state index contributed by atoms with van der Waals surface area (Å²) in [7, 11) is 1.60. The molecule has 0 amide bonds. The van der Waals surface area contributed by atoms with E-state index in [1.165, 1.54) is 12.1 Å². The van der Waals surface area contributed by atoms with Crippen molar-refractivity contribution < 1.29 is 13.9 Å². The number of carbonyl (C=O) groups is 1. The van der Waals surface area contributed by atoms with Crippen LogP contribution < -0.4 is 4.74 Å². The van der Waals surface area contributed by atoms with E-state index in [2.05, 4.69) is 0 Å². The van der Waals surface area contributed by atoms with E-state index in [1.807, 2.05) is 19.9 Å². The summed E-state index contributed by atoms with van der Waals surface area (Å²) < 4.78 is 18.7. The van der Waals surface area contributed by atoms with Gasteiger partial charge >= 0.3 is 0 Å². The molecule has 2 rings (SSSR count). The van der Waals surface area contributed by atoms with Crippen LogP contribution in [0.4, 0.5) is 4.39 Å². The molecule has 0 aromatic heterocycles. The topological polar surface area (TPSA) is 26.3 Å². The Kier molecular flexibility index (Phi) is 3.89. The fourth-order valence-corrected chi connectivity index (χ4v) is 2.28. The maximum absolute atomic E-state index is 13.4. The highest BCUT2D eigenvalue weighted by molar-refractivity contribution is 6.10. The third-order valence-corrected chi connectivity index (χ3v) is 3.29. The zero-order valence-electron chi connectivity index (χ0n) is 12.1. The predicted molar refractivity (Wildman–Crippen MR) is 77.0 cm³/mol. The second kappa shape index (κ2) is 5.45. The average Bonchev–Trinajstić information content (AvgIpc) is 2.39. The molecule has 0 bridgehead atoms. The number of ether oxygens (including phenoxy) is 1. The normalized spacial score (nSPS) is 10.4. The van der Waals surface area contributed by atoms with Gasteiger partial charge in [-0.3, -0.25) is 4.79 Å². The number of halogens is 1. The number of benzene rings is 2. The molecule has 2 nitrogen and oxygen atoms in total. The van der Waals surface area contributed by atoms with Crippen LogP contribution >= 0.6 is 0 Å². The van der Waals surface area contributed by atoms with Crippen molar-refractivity contribution in [3.8, 4) is 5.75 Å². The first-order chi connectivity index (χ1) is 9.42. The molecule has 0 N–H and O–H groups in total. The Balaban J connectivity index is 2.50. The number of hydrogen-bond acceptors (Lipinski definition) is 2. The molecule has 0 aliphatic carbocycles. The second-order valence-electron chi connectivity index (χ2n) is 4.98. The van der Waals surface area contributed by atoms with Crippen LogP contribution in [0.25, 0.3) is 0 Å². The molecule has 0 spiro atoms. The summed E-state index contributed by atoms with van der Waals surface area (Å²) in [5, 5.41) is 0. The Hall–Kier alpha value is -2.16. The first-order valence-corrected chi connectivity index (χ1v) is 6.39. The van der Waals surface area contributed by atoms with Gasteiger partial charge in [0.15, 0.2) is 5.78 Å². The van der Waals surface area contributed by atoms with Crippen molar-refractivity contribution in [2.45, 2.75) is 20.8 Å². The van der Waals surface area contributed by atoms with Crippen LogP contribution in [-0.4, -0.2) is 12.9 Å². The van der Waals surface area contributed by atoms with Gasteiger partial charge in [-0.2, -0.15) is 0 Å². The summed E-state index contributed by atoms with van der Waals surface area (Å²) in [5.41, 5.74) is 3.38. The van der Waals surface area contributed by atoms with E-state index in [4.69, 9.17) is 4.74 Å². The first-order valence-electron chi connectivity index (χ1n) is 6.39. The van der Waals surface area contributed by atoms with Crippen molar-refractivity contribution in [1.29, 1.82) is 0 Å². The van der Waals surface area contributed by atoms with Gasteiger partial charge in [0.05, 0.1) is 7.11 Å². The smallest absolute Gasteiger partial charge is 0.193 e. The molecule has 20 heavy (non-hydrogen) atoms. The van der Waals surface area contributed by atoms with Crippen LogP contribution in [0.2, 0.25) is 0 Å². The van der Waals surface area contributed by atoms with Gasteiger partial charge in [0, 0.05) is 11.1 Å². The van der Waals surface area contributed by atoms with Gasteiger partial charge in [0.2, 0.25) is 0 Å². The van der Waals surface area contributed by atoms with E-state index in [0.29, 0.717) is 11.1 Å². The molecule has 0 unspecified atom stereocenters. The van der Waals surface area contributed by atoms with Crippen LogP contribution in [0.15, 0.2) is 30.3 Å². The van der Waals surface area contributed by atoms with E-state index < -0.39 is 5.82 Å². The molecule has 0 fully saturated rings. The Morgan fingerprint density at radius 3 is 2.30 bits per heavy atom. The minimum Gasteiger partial charge on any atom is -0.496 e. The third kappa shape index (κ3) is 2.72. The highest BCUT2D eigenvalue weighted by Gasteiger charge is 2.15. The lowest BCUT2D eigenvalue weighted by atomic mass is 9.96. The van der Waals surface area contributed by atoms with Gasteiger partial charge in [0.1, 0.15) is 11.6 Å². The standard InChI is InChI=1S/C17H17FO2/c1-10-5-13(9-14(18)6-10)17(19)15-7-12(3)16(20-4)8-11(15)2/h5-9H,1-4H3. The minimum absolute atomic E-state index is 0.171. The van der Waals surface area contributed by atoms with Crippen LogP contribution in [-0.2, 0) is 0 Å². The molecule has 3 heteroatoms.